The Labute approximate surface area is 132 Å². The molecule has 0 saturated heterocycles. The molecular weight excluding hydrogens is 320 g/mol. The van der Waals surface area contributed by atoms with E-state index in [-0.39, 0.29) is 22.3 Å². The van der Waals surface area contributed by atoms with E-state index < -0.39 is 34.5 Å². The van der Waals surface area contributed by atoms with Crippen molar-refractivity contribution in [2.75, 3.05) is 0 Å². The minimum Gasteiger partial charge on any atom is -0.366 e. The van der Waals surface area contributed by atoms with Crippen molar-refractivity contribution in [3.8, 4) is 6.07 Å². The Balaban J connectivity index is 2.22. The SMILES string of the molecule is N#Cc1cnc2n[nH]c(C(=O)c3c(F)ccc(C(N)=O)c3F)c2c1. The zero-order valence-corrected chi connectivity index (χ0v) is 11.8. The lowest BCUT2D eigenvalue weighted by molar-refractivity contribution is 0.0996. The molecule has 0 aliphatic rings. The monoisotopic (exact) mass is 327 g/mol. The van der Waals surface area contributed by atoms with Crippen LogP contribution in [0.4, 0.5) is 8.78 Å². The van der Waals surface area contributed by atoms with Gasteiger partial charge in [0.05, 0.1) is 22.1 Å². The number of nitriles is 1. The smallest absolute Gasteiger partial charge is 0.251 e. The summed E-state index contributed by atoms with van der Waals surface area (Å²) >= 11 is 0. The zero-order chi connectivity index (χ0) is 17.4. The number of nitrogens with one attached hydrogen (secondary N) is 1. The van der Waals surface area contributed by atoms with Crippen molar-refractivity contribution in [2.45, 2.75) is 0 Å². The molecule has 3 N–H and O–H groups in total. The Bertz CT molecular complexity index is 1050. The number of benzene rings is 1. The number of carbonyl (C=O) groups excluding carboxylic acids is 2. The predicted molar refractivity (Wildman–Crippen MR) is 76.9 cm³/mol. The fourth-order valence-electron chi connectivity index (χ4n) is 2.21. The highest BCUT2D eigenvalue weighted by Crippen LogP contribution is 2.23. The van der Waals surface area contributed by atoms with Crippen LogP contribution in [-0.4, -0.2) is 26.9 Å². The van der Waals surface area contributed by atoms with Gasteiger partial charge in [0.25, 0.3) is 5.91 Å². The number of nitrogens with two attached hydrogens (primary N) is 1. The van der Waals surface area contributed by atoms with E-state index in [1.807, 2.05) is 6.07 Å². The molecule has 0 aliphatic carbocycles. The number of carbonyl (C=O) groups is 2. The van der Waals surface area contributed by atoms with Crippen LogP contribution in [0.25, 0.3) is 11.0 Å². The first-order chi connectivity index (χ1) is 11.4. The van der Waals surface area contributed by atoms with Crippen molar-refractivity contribution < 1.29 is 18.4 Å². The van der Waals surface area contributed by atoms with Gasteiger partial charge in [-0.15, -0.1) is 0 Å². The third kappa shape index (κ3) is 2.26. The van der Waals surface area contributed by atoms with Gasteiger partial charge in [0.1, 0.15) is 23.4 Å². The first-order valence-electron chi connectivity index (χ1n) is 6.50. The number of nitrogens with zero attached hydrogens (tertiary/aromatic N) is 3. The van der Waals surface area contributed by atoms with Crippen molar-refractivity contribution in [1.29, 1.82) is 5.26 Å². The summed E-state index contributed by atoms with van der Waals surface area (Å²) in [4.78, 5) is 27.6. The van der Waals surface area contributed by atoms with Gasteiger partial charge in [0.2, 0.25) is 5.78 Å². The second-order valence-electron chi connectivity index (χ2n) is 4.78. The third-order valence-corrected chi connectivity index (χ3v) is 3.35. The molecule has 3 aromatic rings. The second kappa shape index (κ2) is 5.51. The molecule has 7 nitrogen and oxygen atoms in total. The van der Waals surface area contributed by atoms with E-state index in [2.05, 4.69) is 15.2 Å². The molecule has 0 spiro atoms. The number of H-pyrrole nitrogens is 1. The first-order valence-corrected chi connectivity index (χ1v) is 6.50. The van der Waals surface area contributed by atoms with E-state index >= 15 is 0 Å². The van der Waals surface area contributed by atoms with Gasteiger partial charge in [-0.05, 0) is 18.2 Å². The van der Waals surface area contributed by atoms with Gasteiger partial charge in [-0.2, -0.15) is 10.4 Å². The molecular formula is C15H7F2N5O2. The average molecular weight is 327 g/mol. The number of hydrogen-bond acceptors (Lipinski definition) is 5. The molecule has 0 atom stereocenters. The fraction of sp³-hybridized carbons (Fsp3) is 0. The molecule has 118 valence electrons. The number of pyridine rings is 1. The summed E-state index contributed by atoms with van der Waals surface area (Å²) in [6.07, 6.45) is 1.24. The van der Waals surface area contributed by atoms with Crippen molar-refractivity contribution in [3.05, 3.63) is 58.4 Å². The normalized spacial score (nSPS) is 10.5. The van der Waals surface area contributed by atoms with Gasteiger partial charge in [0.15, 0.2) is 5.65 Å². The average Bonchev–Trinajstić information content (AvgIpc) is 2.97. The van der Waals surface area contributed by atoms with Gasteiger partial charge in [0, 0.05) is 6.20 Å². The lowest BCUT2D eigenvalue weighted by atomic mass is 10.0. The summed E-state index contributed by atoms with van der Waals surface area (Å²) in [5.74, 6) is -4.73. The van der Waals surface area contributed by atoms with E-state index in [1.54, 1.807) is 0 Å². The Morgan fingerprint density at radius 3 is 2.71 bits per heavy atom. The number of aromatic amines is 1. The molecule has 0 unspecified atom stereocenters. The maximum Gasteiger partial charge on any atom is 0.251 e. The Morgan fingerprint density at radius 2 is 2.04 bits per heavy atom. The Kier molecular flexibility index (Phi) is 3.50. The van der Waals surface area contributed by atoms with Crippen LogP contribution in [0.3, 0.4) is 0 Å². The number of fused-ring (bicyclic) bond motifs is 1. The molecule has 0 bridgehead atoms. The van der Waals surface area contributed by atoms with Crippen LogP contribution >= 0.6 is 0 Å². The van der Waals surface area contributed by atoms with Crippen LogP contribution in [0.2, 0.25) is 0 Å². The number of ketones is 1. The van der Waals surface area contributed by atoms with Crippen LogP contribution < -0.4 is 5.73 Å². The fourth-order valence-corrected chi connectivity index (χ4v) is 2.21. The molecule has 1 aromatic carbocycles. The summed E-state index contributed by atoms with van der Waals surface area (Å²) in [6.45, 7) is 0. The molecule has 9 heteroatoms. The highest BCUT2D eigenvalue weighted by Gasteiger charge is 2.26. The second-order valence-corrected chi connectivity index (χ2v) is 4.78. The quantitative estimate of drug-likeness (QED) is 0.704. The van der Waals surface area contributed by atoms with Crippen LogP contribution in [0, 0.1) is 23.0 Å². The van der Waals surface area contributed by atoms with E-state index in [4.69, 9.17) is 11.0 Å². The molecule has 24 heavy (non-hydrogen) atoms. The largest absolute Gasteiger partial charge is 0.366 e. The van der Waals surface area contributed by atoms with Crippen molar-refractivity contribution in [1.82, 2.24) is 15.2 Å². The van der Waals surface area contributed by atoms with E-state index in [0.29, 0.717) is 0 Å². The van der Waals surface area contributed by atoms with Crippen molar-refractivity contribution in [2.24, 2.45) is 5.73 Å². The Hall–Kier alpha value is -3.67. The van der Waals surface area contributed by atoms with Gasteiger partial charge in [-0.25, -0.2) is 13.8 Å². The molecule has 0 aliphatic heterocycles. The summed E-state index contributed by atoms with van der Waals surface area (Å²) < 4.78 is 28.3. The Morgan fingerprint density at radius 1 is 1.29 bits per heavy atom. The van der Waals surface area contributed by atoms with Crippen LogP contribution in [0.1, 0.15) is 32.0 Å². The maximum atomic E-state index is 14.3. The summed E-state index contributed by atoms with van der Waals surface area (Å²) in [5.41, 5.74) is 3.43. The van der Waals surface area contributed by atoms with E-state index in [1.165, 1.54) is 12.3 Å². The molecule has 1 amide bonds. The number of rotatable bonds is 3. The number of amides is 1. The number of aromatic nitrogens is 3. The standard InChI is InChI=1S/C15H7F2N5O2/c16-9-2-1-7(14(19)24)11(17)10(9)13(23)12-8-3-6(4-18)5-20-15(8)22-21-12/h1-3,5H,(H2,19,24)(H,20,21,22). The predicted octanol–water partition coefficient (Wildman–Crippen LogP) is 1.44. The minimum absolute atomic E-state index is 0.101. The lowest BCUT2D eigenvalue weighted by Crippen LogP contribution is -2.17. The van der Waals surface area contributed by atoms with Crippen LogP contribution in [0.15, 0.2) is 24.4 Å². The number of halogens is 2. The van der Waals surface area contributed by atoms with Gasteiger partial charge in [-0.1, -0.05) is 0 Å². The van der Waals surface area contributed by atoms with Crippen LogP contribution in [0.5, 0.6) is 0 Å². The summed E-state index contributed by atoms with van der Waals surface area (Å²) in [5, 5.41) is 15.1. The molecule has 2 aromatic heterocycles. The van der Waals surface area contributed by atoms with Crippen molar-refractivity contribution >= 4 is 22.7 Å². The van der Waals surface area contributed by atoms with E-state index in [0.717, 1.165) is 12.1 Å². The molecule has 0 radical (unpaired) electrons. The van der Waals surface area contributed by atoms with Crippen molar-refractivity contribution in [3.63, 3.8) is 0 Å². The highest BCUT2D eigenvalue weighted by atomic mass is 19.1. The molecule has 3 rings (SSSR count). The van der Waals surface area contributed by atoms with E-state index in [9.17, 15) is 18.4 Å². The topological polar surface area (TPSA) is 126 Å². The first kappa shape index (κ1) is 15.2. The molecule has 2 heterocycles. The zero-order valence-electron chi connectivity index (χ0n) is 11.8. The number of primary amides is 1. The van der Waals surface area contributed by atoms with Crippen LogP contribution in [-0.2, 0) is 0 Å². The lowest BCUT2D eigenvalue weighted by Gasteiger charge is -2.06. The number of hydrogen-bond donors (Lipinski definition) is 2. The third-order valence-electron chi connectivity index (χ3n) is 3.35. The highest BCUT2D eigenvalue weighted by molar-refractivity contribution is 6.15. The molecule has 0 saturated carbocycles. The maximum absolute atomic E-state index is 14.3. The summed E-state index contributed by atoms with van der Waals surface area (Å²) in [7, 11) is 0. The van der Waals surface area contributed by atoms with Gasteiger partial charge >= 0.3 is 0 Å². The minimum atomic E-state index is -1.36. The summed E-state index contributed by atoms with van der Waals surface area (Å²) in [6, 6.07) is 4.77. The van der Waals surface area contributed by atoms with Gasteiger partial charge in [-0.3, -0.25) is 14.7 Å². The molecule has 0 fully saturated rings. The van der Waals surface area contributed by atoms with Gasteiger partial charge < -0.3 is 5.73 Å².